The van der Waals surface area contributed by atoms with Crippen LogP contribution < -0.4 is 5.32 Å². The second-order valence-corrected chi connectivity index (χ2v) is 3.95. The minimum Gasteiger partial charge on any atom is -0.360 e. The monoisotopic (exact) mass is 342 g/mol. The van der Waals surface area contributed by atoms with Gasteiger partial charge in [0.15, 0.2) is 0 Å². The molecule has 0 spiro atoms. The number of hydrogen-bond donors (Lipinski definition) is 1. The van der Waals surface area contributed by atoms with Crippen LogP contribution in [0.15, 0.2) is 0 Å². The summed E-state index contributed by atoms with van der Waals surface area (Å²) in [5.41, 5.74) is 0.469. The number of aromatic nitrogens is 2. The number of nitrogens with zero attached hydrogens (tertiary/aromatic N) is 3. The van der Waals surface area contributed by atoms with E-state index in [1.807, 2.05) is 22.6 Å². The predicted octanol–water partition coefficient (Wildman–Crippen LogP) is 2.24. The van der Waals surface area contributed by atoms with Gasteiger partial charge in [-0.05, 0) is 29.5 Å². The first-order chi connectivity index (χ1) is 7.33. The number of alkyl halides is 3. The average molecular weight is 342 g/mol. The molecule has 0 aliphatic carbocycles. The quantitative estimate of drug-likeness (QED) is 0.838. The predicted molar refractivity (Wildman–Crippen MR) is 58.7 cm³/mol. The van der Waals surface area contributed by atoms with E-state index in [1.54, 1.807) is 13.0 Å². The third kappa shape index (κ3) is 3.48. The highest BCUT2D eigenvalue weighted by Gasteiger charge is 2.27. The van der Waals surface area contributed by atoms with E-state index in [-0.39, 0.29) is 11.6 Å². The fraction of sp³-hybridized carbons (Fsp3) is 0.375. The molecule has 0 aliphatic rings. The van der Waals surface area contributed by atoms with Crippen molar-refractivity contribution < 1.29 is 13.2 Å². The third-order valence-electron chi connectivity index (χ3n) is 1.57. The van der Waals surface area contributed by atoms with E-state index in [1.165, 1.54) is 0 Å². The average Bonchev–Trinajstić information content (AvgIpc) is 2.18. The molecule has 1 aromatic heterocycles. The molecule has 0 saturated heterocycles. The summed E-state index contributed by atoms with van der Waals surface area (Å²) in [6, 6.07) is 1.69. The van der Waals surface area contributed by atoms with E-state index >= 15 is 0 Å². The molecule has 0 aliphatic heterocycles. The fourth-order valence-electron chi connectivity index (χ4n) is 0.910. The molecule has 0 unspecified atom stereocenters. The second-order valence-electron chi connectivity index (χ2n) is 2.88. The summed E-state index contributed by atoms with van der Waals surface area (Å²) in [5, 5.41) is 10.7. The lowest BCUT2D eigenvalue weighted by Gasteiger charge is -2.11. The largest absolute Gasteiger partial charge is 0.405 e. The van der Waals surface area contributed by atoms with Crippen LogP contribution in [0.4, 0.5) is 19.0 Å². The maximum absolute atomic E-state index is 12.0. The Labute approximate surface area is 103 Å². The zero-order valence-corrected chi connectivity index (χ0v) is 10.2. The Morgan fingerprint density at radius 3 is 2.56 bits per heavy atom. The minimum absolute atomic E-state index is 0.0296. The number of halogens is 4. The Morgan fingerprint density at radius 1 is 1.44 bits per heavy atom. The standard InChI is InChI=1S/C8H6F3IN4/c1-4-6(12)7(14-3-8(9,10)11)16-5(2-13)15-4/h3H2,1H3,(H,14,15,16). The van der Waals surface area contributed by atoms with Crippen molar-refractivity contribution >= 4 is 28.4 Å². The normalized spacial score (nSPS) is 11.0. The summed E-state index contributed by atoms with van der Waals surface area (Å²) in [4.78, 5) is 7.46. The van der Waals surface area contributed by atoms with Crippen LogP contribution in [0.25, 0.3) is 0 Å². The molecule has 4 nitrogen and oxygen atoms in total. The van der Waals surface area contributed by atoms with Crippen LogP contribution >= 0.6 is 22.6 Å². The zero-order valence-electron chi connectivity index (χ0n) is 8.06. The molecule has 1 rings (SSSR count). The highest BCUT2D eigenvalue weighted by Crippen LogP contribution is 2.21. The van der Waals surface area contributed by atoms with Gasteiger partial charge in [-0.2, -0.15) is 18.4 Å². The Balaban J connectivity index is 2.96. The van der Waals surface area contributed by atoms with Gasteiger partial charge in [-0.25, -0.2) is 9.97 Å². The third-order valence-corrected chi connectivity index (χ3v) is 2.86. The molecule has 0 amide bonds. The smallest absolute Gasteiger partial charge is 0.360 e. The highest BCUT2D eigenvalue weighted by atomic mass is 127. The van der Waals surface area contributed by atoms with E-state index < -0.39 is 12.7 Å². The highest BCUT2D eigenvalue weighted by molar-refractivity contribution is 14.1. The summed E-state index contributed by atoms with van der Waals surface area (Å²) in [6.07, 6.45) is -4.32. The van der Waals surface area contributed by atoms with Crippen molar-refractivity contribution in [1.29, 1.82) is 5.26 Å². The number of rotatable bonds is 2. The number of anilines is 1. The number of nitrogens with one attached hydrogen (secondary N) is 1. The number of hydrogen-bond acceptors (Lipinski definition) is 4. The second kappa shape index (κ2) is 4.82. The van der Waals surface area contributed by atoms with Gasteiger partial charge in [0.2, 0.25) is 5.82 Å². The first-order valence-corrected chi connectivity index (χ1v) is 5.16. The van der Waals surface area contributed by atoms with E-state index in [2.05, 4.69) is 15.3 Å². The lowest BCUT2D eigenvalue weighted by atomic mass is 10.4. The molecule has 86 valence electrons. The van der Waals surface area contributed by atoms with Crippen LogP contribution in [-0.2, 0) is 0 Å². The Bertz CT molecular complexity index is 438. The van der Waals surface area contributed by atoms with Crippen molar-refractivity contribution in [3.8, 4) is 6.07 Å². The van der Waals surface area contributed by atoms with Crippen molar-refractivity contribution in [3.05, 3.63) is 15.1 Å². The van der Waals surface area contributed by atoms with Crippen molar-refractivity contribution in [2.45, 2.75) is 13.1 Å². The molecule has 0 radical (unpaired) electrons. The molecule has 16 heavy (non-hydrogen) atoms. The van der Waals surface area contributed by atoms with Gasteiger partial charge < -0.3 is 5.32 Å². The maximum Gasteiger partial charge on any atom is 0.405 e. The molecular weight excluding hydrogens is 336 g/mol. The Morgan fingerprint density at radius 2 is 2.06 bits per heavy atom. The zero-order chi connectivity index (χ0) is 12.3. The van der Waals surface area contributed by atoms with Crippen LogP contribution in [0.2, 0.25) is 0 Å². The van der Waals surface area contributed by atoms with Gasteiger partial charge in [-0.15, -0.1) is 0 Å². The molecule has 0 atom stereocenters. The molecule has 0 fully saturated rings. The lowest BCUT2D eigenvalue weighted by molar-refractivity contribution is -0.115. The van der Waals surface area contributed by atoms with Gasteiger partial charge in [0.25, 0.3) is 0 Å². The summed E-state index contributed by atoms with van der Waals surface area (Å²) < 4.78 is 36.4. The Hall–Kier alpha value is -1.11. The number of aryl methyl sites for hydroxylation is 1. The van der Waals surface area contributed by atoms with E-state index in [9.17, 15) is 13.2 Å². The summed E-state index contributed by atoms with van der Waals surface area (Å²) >= 11 is 1.83. The van der Waals surface area contributed by atoms with Crippen LogP contribution in [0, 0.1) is 21.8 Å². The first kappa shape index (κ1) is 13.0. The lowest BCUT2D eigenvalue weighted by Crippen LogP contribution is -2.22. The molecule has 0 saturated carbocycles. The summed E-state index contributed by atoms with van der Waals surface area (Å²) in [6.45, 7) is 0.410. The topological polar surface area (TPSA) is 61.6 Å². The van der Waals surface area contributed by atoms with Crippen molar-refractivity contribution in [2.24, 2.45) is 0 Å². The van der Waals surface area contributed by atoms with Crippen LogP contribution in [-0.4, -0.2) is 22.7 Å². The van der Waals surface area contributed by atoms with Crippen LogP contribution in [0.5, 0.6) is 0 Å². The molecule has 1 N–H and O–H groups in total. The molecule has 1 aromatic rings. The van der Waals surface area contributed by atoms with E-state index in [0.717, 1.165) is 0 Å². The van der Waals surface area contributed by atoms with Gasteiger partial charge in [0.05, 0.1) is 9.26 Å². The van der Waals surface area contributed by atoms with Crippen LogP contribution in [0.3, 0.4) is 0 Å². The molecule has 0 bridgehead atoms. The molecule has 1 heterocycles. The van der Waals surface area contributed by atoms with Crippen molar-refractivity contribution in [3.63, 3.8) is 0 Å². The van der Waals surface area contributed by atoms with Gasteiger partial charge >= 0.3 is 6.18 Å². The molecule has 8 heteroatoms. The Kier molecular flexibility index (Phi) is 3.90. The van der Waals surface area contributed by atoms with Crippen LogP contribution in [0.1, 0.15) is 11.5 Å². The SMILES string of the molecule is Cc1nc(C#N)nc(NCC(F)(F)F)c1I. The maximum atomic E-state index is 12.0. The van der Waals surface area contributed by atoms with Gasteiger partial charge in [-0.3, -0.25) is 0 Å². The fourth-order valence-corrected chi connectivity index (χ4v) is 1.34. The van der Waals surface area contributed by atoms with Gasteiger partial charge in [-0.1, -0.05) is 0 Å². The summed E-state index contributed by atoms with van der Waals surface area (Å²) in [5.74, 6) is -0.121. The first-order valence-electron chi connectivity index (χ1n) is 4.08. The molecular formula is C8H6F3IN4. The minimum atomic E-state index is -4.32. The van der Waals surface area contributed by atoms with Crippen molar-refractivity contribution in [2.75, 3.05) is 11.9 Å². The van der Waals surface area contributed by atoms with E-state index in [4.69, 9.17) is 5.26 Å². The molecule has 0 aromatic carbocycles. The van der Waals surface area contributed by atoms with Crippen molar-refractivity contribution in [1.82, 2.24) is 9.97 Å². The van der Waals surface area contributed by atoms with Gasteiger partial charge in [0, 0.05) is 0 Å². The number of nitriles is 1. The summed E-state index contributed by atoms with van der Waals surface area (Å²) in [7, 11) is 0. The van der Waals surface area contributed by atoms with E-state index in [0.29, 0.717) is 9.26 Å². The van der Waals surface area contributed by atoms with Gasteiger partial charge in [0.1, 0.15) is 18.4 Å².